The maximum absolute atomic E-state index is 13.0. The third-order valence-corrected chi connectivity index (χ3v) is 6.06. The second-order valence-corrected chi connectivity index (χ2v) is 7.35. The first-order valence-electron chi connectivity index (χ1n) is 9.17. The van der Waals surface area contributed by atoms with E-state index in [1.54, 1.807) is 7.11 Å². The van der Waals surface area contributed by atoms with Crippen LogP contribution in [0.5, 0.6) is 5.75 Å². The monoisotopic (exact) mass is 356 g/mol. The Morgan fingerprint density at radius 2 is 1.62 bits per heavy atom. The summed E-state index contributed by atoms with van der Waals surface area (Å²) in [5, 5.41) is 9.56. The lowest BCUT2D eigenvalue weighted by Crippen LogP contribution is -2.52. The zero-order valence-corrected chi connectivity index (χ0v) is 14.9. The van der Waals surface area contributed by atoms with Crippen molar-refractivity contribution in [2.75, 3.05) is 38.2 Å². The maximum atomic E-state index is 13.0. The molecule has 2 aliphatic carbocycles. The van der Waals surface area contributed by atoms with E-state index in [4.69, 9.17) is 4.74 Å². The molecule has 6 heteroatoms. The first kappa shape index (κ1) is 16.9. The SMILES string of the molecule is COc1ccc(N2CCN(C(=O)[C@@H]3[C@@H](C(=O)O)[C@@H]4C=C[C@@H]3C4)CC2)cc1. The topological polar surface area (TPSA) is 70.1 Å². The molecule has 0 unspecified atom stereocenters. The van der Waals surface area contributed by atoms with Gasteiger partial charge in [-0.05, 0) is 42.5 Å². The van der Waals surface area contributed by atoms with Crippen LogP contribution in [0.2, 0.25) is 0 Å². The van der Waals surface area contributed by atoms with Gasteiger partial charge < -0.3 is 19.6 Å². The molecule has 0 spiro atoms. The molecular formula is C20H24N2O4. The minimum atomic E-state index is -0.836. The molecule has 26 heavy (non-hydrogen) atoms. The average Bonchev–Trinajstić information content (AvgIpc) is 3.29. The Labute approximate surface area is 153 Å². The van der Waals surface area contributed by atoms with Gasteiger partial charge in [-0.3, -0.25) is 9.59 Å². The Hall–Kier alpha value is -2.50. The fraction of sp³-hybridized carbons (Fsp3) is 0.500. The van der Waals surface area contributed by atoms with Crippen molar-refractivity contribution in [2.45, 2.75) is 6.42 Å². The number of anilines is 1. The molecule has 1 heterocycles. The number of piperazine rings is 1. The number of benzene rings is 1. The van der Waals surface area contributed by atoms with Gasteiger partial charge >= 0.3 is 5.97 Å². The van der Waals surface area contributed by atoms with E-state index >= 15 is 0 Å². The second kappa shape index (κ2) is 6.67. The summed E-state index contributed by atoms with van der Waals surface area (Å²) in [6.45, 7) is 2.78. The van der Waals surface area contributed by atoms with Gasteiger partial charge in [0.05, 0.1) is 18.9 Å². The number of nitrogens with zero attached hydrogens (tertiary/aromatic N) is 2. The highest BCUT2D eigenvalue weighted by Crippen LogP contribution is 2.48. The van der Waals surface area contributed by atoms with Gasteiger partial charge in [0.1, 0.15) is 5.75 Å². The van der Waals surface area contributed by atoms with E-state index in [2.05, 4.69) is 4.90 Å². The zero-order valence-electron chi connectivity index (χ0n) is 14.9. The van der Waals surface area contributed by atoms with Crippen molar-refractivity contribution in [2.24, 2.45) is 23.7 Å². The summed E-state index contributed by atoms with van der Waals surface area (Å²) in [6, 6.07) is 7.92. The van der Waals surface area contributed by atoms with E-state index in [1.807, 2.05) is 41.3 Å². The summed E-state index contributed by atoms with van der Waals surface area (Å²) in [5.41, 5.74) is 1.11. The maximum Gasteiger partial charge on any atom is 0.307 e. The molecule has 6 nitrogen and oxygen atoms in total. The van der Waals surface area contributed by atoms with Crippen LogP contribution in [0, 0.1) is 23.7 Å². The van der Waals surface area contributed by atoms with E-state index in [-0.39, 0.29) is 17.7 Å². The van der Waals surface area contributed by atoms with Gasteiger partial charge in [0, 0.05) is 31.9 Å². The molecule has 3 aliphatic rings. The van der Waals surface area contributed by atoms with Crippen LogP contribution in [0.1, 0.15) is 6.42 Å². The number of carboxylic acids is 1. The second-order valence-electron chi connectivity index (χ2n) is 7.35. The molecule has 2 bridgehead atoms. The largest absolute Gasteiger partial charge is 0.497 e. The van der Waals surface area contributed by atoms with Crippen LogP contribution in [0.15, 0.2) is 36.4 Å². The van der Waals surface area contributed by atoms with Crippen molar-refractivity contribution in [3.05, 3.63) is 36.4 Å². The van der Waals surface area contributed by atoms with Gasteiger partial charge in [-0.25, -0.2) is 0 Å². The molecule has 1 aromatic rings. The summed E-state index contributed by atoms with van der Waals surface area (Å²) < 4.78 is 5.19. The molecule has 1 saturated heterocycles. The van der Waals surface area contributed by atoms with Crippen molar-refractivity contribution < 1.29 is 19.4 Å². The molecule has 1 aliphatic heterocycles. The van der Waals surface area contributed by atoms with Crippen LogP contribution in [0.3, 0.4) is 0 Å². The van der Waals surface area contributed by atoms with Crippen molar-refractivity contribution in [3.8, 4) is 5.75 Å². The van der Waals surface area contributed by atoms with E-state index in [0.29, 0.717) is 13.1 Å². The predicted octanol–water partition coefficient (Wildman–Crippen LogP) is 1.87. The van der Waals surface area contributed by atoms with E-state index in [9.17, 15) is 14.7 Å². The Morgan fingerprint density at radius 3 is 2.19 bits per heavy atom. The molecule has 2 fully saturated rings. The van der Waals surface area contributed by atoms with Gasteiger partial charge in [0.25, 0.3) is 0 Å². The summed E-state index contributed by atoms with van der Waals surface area (Å²) in [6.07, 6.45) is 4.83. The summed E-state index contributed by atoms with van der Waals surface area (Å²) in [4.78, 5) is 28.8. The molecule has 0 aromatic heterocycles. The fourth-order valence-corrected chi connectivity index (χ4v) is 4.68. The number of carboxylic acid groups (broad SMARTS) is 1. The lowest BCUT2D eigenvalue weighted by atomic mass is 9.82. The van der Waals surface area contributed by atoms with E-state index in [0.717, 1.165) is 30.9 Å². The molecular weight excluding hydrogens is 332 g/mol. The molecule has 138 valence electrons. The standard InChI is InChI=1S/C20H24N2O4/c1-26-16-6-4-15(5-7-16)21-8-10-22(11-9-21)19(23)17-13-2-3-14(12-13)18(17)20(24)25/h2-7,13-14,17-18H,8-12H2,1H3,(H,24,25)/t13-,14-,17+,18+/m1/s1. The first-order valence-corrected chi connectivity index (χ1v) is 9.17. The Morgan fingerprint density at radius 1 is 1.00 bits per heavy atom. The van der Waals surface area contributed by atoms with Crippen LogP contribution in [-0.2, 0) is 9.59 Å². The number of hydrogen-bond donors (Lipinski definition) is 1. The highest BCUT2D eigenvalue weighted by Gasteiger charge is 2.52. The molecule has 1 aromatic carbocycles. The van der Waals surface area contributed by atoms with Crippen molar-refractivity contribution >= 4 is 17.6 Å². The lowest BCUT2D eigenvalue weighted by Gasteiger charge is -2.38. The van der Waals surface area contributed by atoms with E-state index in [1.165, 1.54) is 0 Å². The van der Waals surface area contributed by atoms with Gasteiger partial charge in [-0.15, -0.1) is 0 Å². The number of carbonyl (C=O) groups is 2. The van der Waals surface area contributed by atoms with Crippen LogP contribution in [0.25, 0.3) is 0 Å². The molecule has 4 rings (SSSR count). The molecule has 1 N–H and O–H groups in total. The number of ether oxygens (including phenoxy) is 1. The number of aliphatic carboxylic acids is 1. The fourth-order valence-electron chi connectivity index (χ4n) is 4.68. The number of rotatable bonds is 4. The third kappa shape index (κ3) is 2.83. The quantitative estimate of drug-likeness (QED) is 0.834. The minimum absolute atomic E-state index is 0.0173. The smallest absolute Gasteiger partial charge is 0.307 e. The number of fused-ring (bicyclic) bond motifs is 2. The van der Waals surface area contributed by atoms with Crippen LogP contribution in [0.4, 0.5) is 5.69 Å². The van der Waals surface area contributed by atoms with Gasteiger partial charge in [-0.1, -0.05) is 12.2 Å². The van der Waals surface area contributed by atoms with E-state index < -0.39 is 17.8 Å². The Bertz CT molecular complexity index is 722. The lowest BCUT2D eigenvalue weighted by molar-refractivity contribution is -0.151. The minimum Gasteiger partial charge on any atom is -0.497 e. The van der Waals surface area contributed by atoms with Crippen molar-refractivity contribution in [1.29, 1.82) is 0 Å². The predicted molar refractivity (Wildman–Crippen MR) is 97.1 cm³/mol. The normalized spacial score (nSPS) is 29.9. The third-order valence-electron chi connectivity index (χ3n) is 6.06. The summed E-state index contributed by atoms with van der Waals surface area (Å²) in [7, 11) is 1.65. The zero-order chi connectivity index (χ0) is 18.3. The Balaban J connectivity index is 1.40. The number of carbonyl (C=O) groups excluding carboxylic acids is 1. The van der Waals surface area contributed by atoms with Crippen molar-refractivity contribution in [3.63, 3.8) is 0 Å². The van der Waals surface area contributed by atoms with Gasteiger partial charge in [0.15, 0.2) is 0 Å². The Kier molecular flexibility index (Phi) is 4.34. The number of amides is 1. The molecule has 1 amide bonds. The van der Waals surface area contributed by atoms with Gasteiger partial charge in [0.2, 0.25) is 5.91 Å². The summed E-state index contributed by atoms with van der Waals surface area (Å²) in [5.74, 6) is -0.834. The highest BCUT2D eigenvalue weighted by molar-refractivity contribution is 5.87. The number of methoxy groups -OCH3 is 1. The van der Waals surface area contributed by atoms with Gasteiger partial charge in [-0.2, -0.15) is 0 Å². The van der Waals surface area contributed by atoms with Crippen LogP contribution < -0.4 is 9.64 Å². The van der Waals surface area contributed by atoms with Crippen LogP contribution >= 0.6 is 0 Å². The number of allylic oxidation sites excluding steroid dienone is 2. The molecule has 0 radical (unpaired) electrons. The van der Waals surface area contributed by atoms with Crippen LogP contribution in [-0.4, -0.2) is 55.2 Å². The van der Waals surface area contributed by atoms with Crippen molar-refractivity contribution in [1.82, 2.24) is 4.90 Å². The molecule has 1 saturated carbocycles. The number of hydrogen-bond acceptors (Lipinski definition) is 4. The molecule has 4 atom stereocenters. The summed E-state index contributed by atoms with van der Waals surface area (Å²) >= 11 is 0. The highest BCUT2D eigenvalue weighted by atomic mass is 16.5. The first-order chi connectivity index (χ1) is 12.6. The average molecular weight is 356 g/mol.